The van der Waals surface area contributed by atoms with Crippen molar-refractivity contribution in [1.82, 2.24) is 5.06 Å². The molecule has 1 saturated heterocycles. The van der Waals surface area contributed by atoms with Gasteiger partial charge in [0.1, 0.15) is 11.5 Å². The van der Waals surface area contributed by atoms with Gasteiger partial charge in [0.15, 0.2) is 5.72 Å². The molecule has 1 aromatic rings. The van der Waals surface area contributed by atoms with Gasteiger partial charge in [-0.2, -0.15) is 13.2 Å². The minimum absolute atomic E-state index is 0.301. The van der Waals surface area contributed by atoms with E-state index < -0.39 is 23.2 Å². The molecule has 0 radical (unpaired) electrons. The van der Waals surface area contributed by atoms with E-state index in [1.165, 1.54) is 6.07 Å². The molecule has 24 heavy (non-hydrogen) atoms. The molecule has 126 valence electrons. The van der Waals surface area contributed by atoms with Gasteiger partial charge in [0, 0.05) is 11.8 Å². The van der Waals surface area contributed by atoms with Crippen molar-refractivity contribution in [3.8, 4) is 5.75 Å². The summed E-state index contributed by atoms with van der Waals surface area (Å²) < 4.78 is 45.1. The Hall–Kier alpha value is -2.28. The van der Waals surface area contributed by atoms with Crippen LogP contribution in [0.15, 0.2) is 47.1 Å². The first-order chi connectivity index (χ1) is 11.1. The summed E-state index contributed by atoms with van der Waals surface area (Å²) in [5, 5.41) is 1.59. The van der Waals surface area contributed by atoms with Gasteiger partial charge in [-0.1, -0.05) is 6.08 Å². The van der Waals surface area contributed by atoms with E-state index in [2.05, 4.69) is 4.99 Å². The van der Waals surface area contributed by atoms with E-state index in [9.17, 15) is 13.2 Å². The second-order valence-corrected chi connectivity index (χ2v) is 6.47. The highest BCUT2D eigenvalue weighted by molar-refractivity contribution is 6.12. The Kier molecular flexibility index (Phi) is 2.81. The summed E-state index contributed by atoms with van der Waals surface area (Å²) in [6.45, 7) is 5.38. The predicted molar refractivity (Wildman–Crippen MR) is 81.2 cm³/mol. The topological polar surface area (TPSA) is 37.1 Å². The highest BCUT2D eigenvalue weighted by Gasteiger charge is 2.62. The first-order valence-corrected chi connectivity index (χ1v) is 7.48. The number of aliphatic imine (C=N–C) groups is 1. The predicted octanol–water partition coefficient (Wildman–Crippen LogP) is 4.04. The number of allylic oxidation sites excluding steroid dienone is 2. The van der Waals surface area contributed by atoms with Gasteiger partial charge in [0.25, 0.3) is 5.72 Å². The number of hydroxylamine groups is 2. The maximum absolute atomic E-state index is 13.1. The molecule has 1 aromatic carbocycles. The van der Waals surface area contributed by atoms with Crippen LogP contribution >= 0.6 is 0 Å². The molecule has 0 aromatic heterocycles. The number of nitrogens with zero attached hydrogens (tertiary/aromatic N) is 2. The zero-order chi connectivity index (χ0) is 17.3. The van der Waals surface area contributed by atoms with E-state index >= 15 is 0 Å². The van der Waals surface area contributed by atoms with E-state index in [1.807, 2.05) is 19.1 Å². The Labute approximate surface area is 136 Å². The molecule has 4 rings (SSSR count). The Balaban J connectivity index is 1.90. The highest BCUT2D eigenvalue weighted by Crippen LogP contribution is 2.50. The van der Waals surface area contributed by atoms with Crippen LogP contribution < -0.4 is 4.74 Å². The largest absolute Gasteiger partial charge is 0.466 e. The standard InChI is InChI=1S/C17H15F3N2O2/c1-10-5-4-8-22-16(10,24-22)14-12-9-11(17(18,19)20)6-7-13(12)23-15(2,3)21-14/h4-9H,1-3H3. The van der Waals surface area contributed by atoms with Crippen molar-refractivity contribution < 1.29 is 22.7 Å². The molecule has 0 amide bonds. The summed E-state index contributed by atoms with van der Waals surface area (Å²) >= 11 is 0. The van der Waals surface area contributed by atoms with Crippen molar-refractivity contribution in [3.63, 3.8) is 0 Å². The fraction of sp³-hybridized carbons (Fsp3) is 0.353. The number of hydrogen-bond acceptors (Lipinski definition) is 4. The van der Waals surface area contributed by atoms with Gasteiger partial charge >= 0.3 is 6.18 Å². The van der Waals surface area contributed by atoms with Crippen molar-refractivity contribution in [2.24, 2.45) is 4.99 Å². The number of halogens is 3. The fourth-order valence-electron chi connectivity index (χ4n) is 3.08. The summed E-state index contributed by atoms with van der Waals surface area (Å²) in [7, 11) is 0. The molecule has 7 heteroatoms. The Morgan fingerprint density at radius 1 is 1.21 bits per heavy atom. The van der Waals surface area contributed by atoms with E-state index in [0.29, 0.717) is 17.0 Å². The van der Waals surface area contributed by atoms with Gasteiger partial charge in [0.05, 0.1) is 5.56 Å². The smallest absolute Gasteiger partial charge is 0.416 e. The van der Waals surface area contributed by atoms with Crippen LogP contribution in [0.2, 0.25) is 0 Å². The lowest BCUT2D eigenvalue weighted by Gasteiger charge is -2.32. The molecule has 0 spiro atoms. The third kappa shape index (κ3) is 2.07. The molecule has 0 bridgehead atoms. The Morgan fingerprint density at radius 2 is 1.96 bits per heavy atom. The van der Waals surface area contributed by atoms with Crippen molar-refractivity contribution >= 4 is 5.71 Å². The molecule has 4 nitrogen and oxygen atoms in total. The lowest BCUT2D eigenvalue weighted by atomic mass is 9.90. The summed E-state index contributed by atoms with van der Waals surface area (Å²) in [6, 6.07) is 3.43. The third-order valence-corrected chi connectivity index (χ3v) is 4.23. The number of alkyl halides is 3. The van der Waals surface area contributed by atoms with Crippen LogP contribution in [-0.4, -0.2) is 22.2 Å². The quantitative estimate of drug-likeness (QED) is 0.726. The summed E-state index contributed by atoms with van der Waals surface area (Å²) in [4.78, 5) is 10.3. The molecule has 0 saturated carbocycles. The monoisotopic (exact) mass is 336 g/mol. The normalized spacial score (nSPS) is 26.8. The molecule has 3 aliphatic rings. The molecular weight excluding hydrogens is 321 g/mol. The molecule has 1 atom stereocenters. The van der Waals surface area contributed by atoms with Crippen molar-refractivity contribution in [3.05, 3.63) is 53.3 Å². The van der Waals surface area contributed by atoms with Gasteiger partial charge in [-0.3, -0.25) is 0 Å². The minimum atomic E-state index is -4.44. The SMILES string of the molecule is CC1=CC=CN2OC12C1=NC(C)(C)Oc2ccc(C(F)(F)F)cc21. The third-order valence-electron chi connectivity index (χ3n) is 4.23. The Morgan fingerprint density at radius 3 is 2.62 bits per heavy atom. The van der Waals surface area contributed by atoms with Gasteiger partial charge in [0.2, 0.25) is 0 Å². The van der Waals surface area contributed by atoms with Gasteiger partial charge in [-0.15, -0.1) is 0 Å². The van der Waals surface area contributed by atoms with Crippen LogP contribution in [0.5, 0.6) is 5.75 Å². The summed E-state index contributed by atoms with van der Waals surface area (Å²) in [5.41, 5.74) is -1.00. The average Bonchev–Trinajstić information content (AvgIpc) is 3.21. The second-order valence-electron chi connectivity index (χ2n) is 6.47. The molecule has 0 N–H and O–H groups in total. The maximum Gasteiger partial charge on any atom is 0.416 e. The van der Waals surface area contributed by atoms with Gasteiger partial charge in [-0.05, 0) is 50.6 Å². The van der Waals surface area contributed by atoms with Crippen molar-refractivity contribution in [1.29, 1.82) is 0 Å². The van der Waals surface area contributed by atoms with Crippen LogP contribution in [0.25, 0.3) is 0 Å². The number of rotatable bonds is 1. The number of ether oxygens (including phenoxy) is 1. The Bertz CT molecular complexity index is 824. The molecule has 3 heterocycles. The van der Waals surface area contributed by atoms with Crippen LogP contribution in [0.1, 0.15) is 31.9 Å². The first kappa shape index (κ1) is 15.3. The van der Waals surface area contributed by atoms with E-state index in [1.54, 1.807) is 25.1 Å². The zero-order valence-corrected chi connectivity index (χ0v) is 13.3. The summed E-state index contributed by atoms with van der Waals surface area (Å²) in [5.74, 6) is 0.366. The molecule has 1 fully saturated rings. The van der Waals surface area contributed by atoms with Crippen molar-refractivity contribution in [2.75, 3.05) is 0 Å². The van der Waals surface area contributed by atoms with E-state index in [-0.39, 0.29) is 0 Å². The van der Waals surface area contributed by atoms with E-state index in [0.717, 1.165) is 17.7 Å². The zero-order valence-electron chi connectivity index (χ0n) is 13.3. The molecule has 3 aliphatic heterocycles. The van der Waals surface area contributed by atoms with Crippen LogP contribution in [0.4, 0.5) is 13.2 Å². The molecule has 1 unspecified atom stereocenters. The van der Waals surface area contributed by atoms with Crippen LogP contribution in [0.3, 0.4) is 0 Å². The number of hydrogen-bond donors (Lipinski definition) is 0. The second kappa shape index (κ2) is 4.42. The van der Waals surface area contributed by atoms with E-state index in [4.69, 9.17) is 9.57 Å². The highest BCUT2D eigenvalue weighted by atomic mass is 19.4. The number of fused-ring (bicyclic) bond motifs is 2. The van der Waals surface area contributed by atoms with Crippen LogP contribution in [0, 0.1) is 0 Å². The van der Waals surface area contributed by atoms with Gasteiger partial charge in [-0.25, -0.2) is 14.9 Å². The van der Waals surface area contributed by atoms with Crippen molar-refractivity contribution in [2.45, 2.75) is 38.4 Å². The summed E-state index contributed by atoms with van der Waals surface area (Å²) in [6.07, 6.45) is 0.970. The van der Waals surface area contributed by atoms with Crippen LogP contribution in [-0.2, 0) is 11.0 Å². The average molecular weight is 336 g/mol. The minimum Gasteiger partial charge on any atom is -0.466 e. The maximum atomic E-state index is 13.1. The first-order valence-electron chi connectivity index (χ1n) is 7.48. The lowest BCUT2D eigenvalue weighted by molar-refractivity contribution is -0.137. The number of benzene rings is 1. The molecule has 0 aliphatic carbocycles. The fourth-order valence-corrected chi connectivity index (χ4v) is 3.08. The lowest BCUT2D eigenvalue weighted by Crippen LogP contribution is -2.40. The molecular formula is C17H15F3N2O2. The van der Waals surface area contributed by atoms with Gasteiger partial charge < -0.3 is 4.74 Å².